The van der Waals surface area contributed by atoms with E-state index in [-0.39, 0.29) is 5.91 Å². The van der Waals surface area contributed by atoms with Crippen LogP contribution >= 0.6 is 0 Å². The summed E-state index contributed by atoms with van der Waals surface area (Å²) in [5, 5.41) is 2.87. The zero-order valence-electron chi connectivity index (χ0n) is 13.5. The normalized spacial score (nSPS) is 10.4. The van der Waals surface area contributed by atoms with Gasteiger partial charge in [-0.2, -0.15) is 0 Å². The minimum absolute atomic E-state index is 0.189. The average Bonchev–Trinajstić information content (AvgIpc) is 3.04. The van der Waals surface area contributed by atoms with E-state index >= 15 is 0 Å². The molecule has 1 amide bonds. The van der Waals surface area contributed by atoms with Gasteiger partial charge in [0, 0.05) is 25.4 Å². The number of nitrogens with zero attached hydrogens (tertiary/aromatic N) is 2. The Morgan fingerprint density at radius 1 is 1.22 bits per heavy atom. The van der Waals surface area contributed by atoms with Crippen LogP contribution in [0.5, 0.6) is 11.5 Å². The van der Waals surface area contributed by atoms with Gasteiger partial charge in [-0.1, -0.05) is 0 Å². The van der Waals surface area contributed by atoms with Crippen molar-refractivity contribution >= 4 is 5.91 Å². The first-order valence-corrected chi connectivity index (χ1v) is 7.17. The molecule has 1 heterocycles. The van der Waals surface area contributed by atoms with Gasteiger partial charge in [0.15, 0.2) is 11.5 Å². The van der Waals surface area contributed by atoms with Crippen molar-refractivity contribution in [1.29, 1.82) is 0 Å². The van der Waals surface area contributed by atoms with E-state index in [1.165, 1.54) is 7.11 Å². The number of nitrogens with one attached hydrogen (secondary N) is 1. The summed E-state index contributed by atoms with van der Waals surface area (Å²) in [7, 11) is 4.74. The fourth-order valence-corrected chi connectivity index (χ4v) is 2.14. The molecule has 0 fully saturated rings. The third kappa shape index (κ3) is 4.23. The Balaban J connectivity index is 2.01. The molecular formula is C16H21N3O4. The first-order chi connectivity index (χ1) is 11.2. The Bertz CT molecular complexity index is 655. The topological polar surface area (TPSA) is 74.6 Å². The molecule has 0 unspecified atom stereocenters. The lowest BCUT2D eigenvalue weighted by Gasteiger charge is -2.11. The highest BCUT2D eigenvalue weighted by Gasteiger charge is 2.11. The van der Waals surface area contributed by atoms with Crippen molar-refractivity contribution in [3.8, 4) is 11.5 Å². The van der Waals surface area contributed by atoms with Crippen LogP contribution in [0.15, 0.2) is 30.7 Å². The number of carbonyl (C=O) groups is 1. The second-order valence-corrected chi connectivity index (χ2v) is 4.82. The van der Waals surface area contributed by atoms with E-state index in [1.807, 2.05) is 4.57 Å². The number of benzene rings is 1. The average molecular weight is 319 g/mol. The van der Waals surface area contributed by atoms with Crippen molar-refractivity contribution < 1.29 is 19.0 Å². The SMILES string of the molecule is COCCn1cncc1CNC(=O)c1ccc(OC)c(OC)c1. The summed E-state index contributed by atoms with van der Waals surface area (Å²) in [6.07, 6.45) is 3.45. The third-order valence-electron chi connectivity index (χ3n) is 3.41. The monoisotopic (exact) mass is 319 g/mol. The Morgan fingerprint density at radius 3 is 2.70 bits per heavy atom. The molecule has 0 radical (unpaired) electrons. The maximum Gasteiger partial charge on any atom is 0.251 e. The number of aromatic nitrogens is 2. The van der Waals surface area contributed by atoms with E-state index in [2.05, 4.69) is 10.3 Å². The molecule has 1 aromatic heterocycles. The lowest BCUT2D eigenvalue weighted by atomic mass is 10.2. The van der Waals surface area contributed by atoms with Crippen molar-refractivity contribution in [2.24, 2.45) is 0 Å². The third-order valence-corrected chi connectivity index (χ3v) is 3.41. The molecule has 1 N–H and O–H groups in total. The molecule has 0 atom stereocenters. The molecule has 1 aromatic carbocycles. The summed E-state index contributed by atoms with van der Waals surface area (Å²) in [6.45, 7) is 1.67. The van der Waals surface area contributed by atoms with Gasteiger partial charge in [0.1, 0.15) is 0 Å². The highest BCUT2D eigenvalue weighted by Crippen LogP contribution is 2.27. The summed E-state index contributed by atoms with van der Waals surface area (Å²) in [6, 6.07) is 5.05. The number of ether oxygens (including phenoxy) is 3. The van der Waals surface area contributed by atoms with Crippen LogP contribution in [0.3, 0.4) is 0 Å². The van der Waals surface area contributed by atoms with Crippen molar-refractivity contribution in [3.05, 3.63) is 42.0 Å². The standard InChI is InChI=1S/C16H21N3O4/c1-21-7-6-19-11-17-9-13(19)10-18-16(20)12-4-5-14(22-2)15(8-12)23-3/h4-5,8-9,11H,6-7,10H2,1-3H3,(H,18,20). The fourth-order valence-electron chi connectivity index (χ4n) is 2.14. The van der Waals surface area contributed by atoms with Gasteiger partial charge in [-0.05, 0) is 18.2 Å². The van der Waals surface area contributed by atoms with E-state index in [0.717, 1.165) is 5.69 Å². The lowest BCUT2D eigenvalue weighted by molar-refractivity contribution is 0.0949. The summed E-state index contributed by atoms with van der Waals surface area (Å²) in [5.41, 5.74) is 1.42. The van der Waals surface area contributed by atoms with E-state index in [9.17, 15) is 4.79 Å². The van der Waals surface area contributed by atoms with Crippen LogP contribution in [0, 0.1) is 0 Å². The summed E-state index contributed by atoms with van der Waals surface area (Å²) < 4.78 is 17.4. The van der Waals surface area contributed by atoms with Gasteiger partial charge < -0.3 is 24.1 Å². The fraction of sp³-hybridized carbons (Fsp3) is 0.375. The minimum atomic E-state index is -0.189. The number of imidazole rings is 1. The first kappa shape index (κ1) is 16.8. The Kier molecular flexibility index (Phi) is 5.99. The molecule has 0 saturated heterocycles. The summed E-state index contributed by atoms with van der Waals surface area (Å²) in [4.78, 5) is 16.4. The van der Waals surface area contributed by atoms with Crippen LogP contribution in [0.2, 0.25) is 0 Å². The van der Waals surface area contributed by atoms with Crippen LogP contribution in [-0.4, -0.2) is 43.4 Å². The first-order valence-electron chi connectivity index (χ1n) is 7.17. The predicted octanol–water partition coefficient (Wildman–Crippen LogP) is 1.48. The molecule has 7 heteroatoms. The van der Waals surface area contributed by atoms with Crippen LogP contribution in [-0.2, 0) is 17.8 Å². The van der Waals surface area contributed by atoms with Crippen LogP contribution in [0.4, 0.5) is 0 Å². The molecule has 7 nitrogen and oxygen atoms in total. The molecule has 2 rings (SSSR count). The van der Waals surface area contributed by atoms with Crippen molar-refractivity contribution in [2.45, 2.75) is 13.1 Å². The molecule has 0 spiro atoms. The molecule has 0 saturated carbocycles. The van der Waals surface area contributed by atoms with Crippen LogP contribution < -0.4 is 14.8 Å². The summed E-state index contributed by atoms with van der Waals surface area (Å²) >= 11 is 0. The smallest absolute Gasteiger partial charge is 0.251 e. The number of amides is 1. The van der Waals surface area contributed by atoms with Gasteiger partial charge in [0.05, 0.1) is 39.4 Å². The number of hydrogen-bond acceptors (Lipinski definition) is 5. The second-order valence-electron chi connectivity index (χ2n) is 4.82. The predicted molar refractivity (Wildman–Crippen MR) is 84.8 cm³/mol. The number of hydrogen-bond donors (Lipinski definition) is 1. The molecule has 0 bridgehead atoms. The number of methoxy groups -OCH3 is 3. The number of rotatable bonds is 8. The molecule has 124 valence electrons. The van der Waals surface area contributed by atoms with Crippen molar-refractivity contribution in [2.75, 3.05) is 27.9 Å². The van der Waals surface area contributed by atoms with E-state index in [0.29, 0.717) is 36.8 Å². The van der Waals surface area contributed by atoms with Gasteiger partial charge in [-0.3, -0.25) is 4.79 Å². The molecule has 0 aliphatic carbocycles. The van der Waals surface area contributed by atoms with Crippen molar-refractivity contribution in [1.82, 2.24) is 14.9 Å². The van der Waals surface area contributed by atoms with Gasteiger partial charge in [-0.25, -0.2) is 4.98 Å². The van der Waals surface area contributed by atoms with E-state index < -0.39 is 0 Å². The van der Waals surface area contributed by atoms with Gasteiger partial charge in [-0.15, -0.1) is 0 Å². The molecule has 0 aliphatic rings. The Morgan fingerprint density at radius 2 is 2.00 bits per heavy atom. The maximum atomic E-state index is 12.3. The Labute approximate surface area is 135 Å². The minimum Gasteiger partial charge on any atom is -0.493 e. The van der Waals surface area contributed by atoms with E-state index in [1.54, 1.807) is 44.9 Å². The maximum absolute atomic E-state index is 12.3. The lowest BCUT2D eigenvalue weighted by Crippen LogP contribution is -2.24. The van der Waals surface area contributed by atoms with Gasteiger partial charge in [0.2, 0.25) is 0 Å². The molecule has 23 heavy (non-hydrogen) atoms. The van der Waals surface area contributed by atoms with E-state index in [4.69, 9.17) is 14.2 Å². The number of carbonyl (C=O) groups excluding carboxylic acids is 1. The Hall–Kier alpha value is -2.54. The van der Waals surface area contributed by atoms with Crippen LogP contribution in [0.25, 0.3) is 0 Å². The molecular weight excluding hydrogens is 298 g/mol. The van der Waals surface area contributed by atoms with Gasteiger partial charge >= 0.3 is 0 Å². The summed E-state index contributed by atoms with van der Waals surface area (Å²) in [5.74, 6) is 0.914. The molecule has 0 aliphatic heterocycles. The highest BCUT2D eigenvalue weighted by atomic mass is 16.5. The van der Waals surface area contributed by atoms with Gasteiger partial charge in [0.25, 0.3) is 5.91 Å². The highest BCUT2D eigenvalue weighted by molar-refractivity contribution is 5.94. The second kappa shape index (κ2) is 8.19. The largest absolute Gasteiger partial charge is 0.493 e. The zero-order valence-corrected chi connectivity index (χ0v) is 13.5. The quantitative estimate of drug-likeness (QED) is 0.797. The van der Waals surface area contributed by atoms with Crippen LogP contribution in [0.1, 0.15) is 16.1 Å². The molecule has 2 aromatic rings. The zero-order chi connectivity index (χ0) is 16.7. The van der Waals surface area contributed by atoms with Crippen molar-refractivity contribution in [3.63, 3.8) is 0 Å².